The van der Waals surface area contributed by atoms with Crippen molar-refractivity contribution in [3.8, 4) is 33.4 Å². The van der Waals surface area contributed by atoms with E-state index >= 15 is 0 Å². The molecule has 0 aliphatic rings. The highest BCUT2D eigenvalue weighted by Gasteiger charge is 2.22. The summed E-state index contributed by atoms with van der Waals surface area (Å²) < 4.78 is 9.19. The molecule has 9 aromatic carbocycles. The van der Waals surface area contributed by atoms with Crippen LogP contribution in [-0.2, 0) is 0 Å². The van der Waals surface area contributed by atoms with Crippen LogP contribution >= 0.6 is 11.3 Å². The molecule has 258 valence electrons. The van der Waals surface area contributed by atoms with Crippen molar-refractivity contribution in [3.63, 3.8) is 0 Å². The number of rotatable bonds is 6. The molecule has 0 saturated carbocycles. The van der Waals surface area contributed by atoms with E-state index in [-0.39, 0.29) is 0 Å². The van der Waals surface area contributed by atoms with Crippen LogP contribution in [0.2, 0.25) is 0 Å². The van der Waals surface area contributed by atoms with Crippen LogP contribution in [0.15, 0.2) is 205 Å². The molecule has 0 aliphatic heterocycles. The van der Waals surface area contributed by atoms with Crippen molar-refractivity contribution in [2.45, 2.75) is 0 Å². The molecule has 11 aromatic rings. The van der Waals surface area contributed by atoms with Gasteiger partial charge in [-0.05, 0) is 98.8 Å². The third-order valence-corrected chi connectivity index (χ3v) is 12.0. The van der Waals surface area contributed by atoms with Crippen molar-refractivity contribution < 1.29 is 4.42 Å². The molecule has 0 saturated heterocycles. The number of furan rings is 1. The van der Waals surface area contributed by atoms with Crippen LogP contribution in [0.5, 0.6) is 0 Å². The maximum Gasteiger partial charge on any atom is 0.159 e. The maximum absolute atomic E-state index is 6.64. The Morgan fingerprint density at radius 2 is 0.927 bits per heavy atom. The van der Waals surface area contributed by atoms with Gasteiger partial charge >= 0.3 is 0 Å². The Kier molecular flexibility index (Phi) is 7.39. The third-order valence-electron chi connectivity index (χ3n) is 10.9. The molecule has 0 spiro atoms. The molecule has 0 amide bonds. The quantitative estimate of drug-likeness (QED) is 0.170. The van der Waals surface area contributed by atoms with E-state index in [4.69, 9.17) is 4.42 Å². The van der Waals surface area contributed by atoms with Crippen molar-refractivity contribution in [1.29, 1.82) is 0 Å². The smallest absolute Gasteiger partial charge is 0.159 e. The second-order valence-corrected chi connectivity index (χ2v) is 15.2. The normalized spacial score (nSPS) is 11.6. The van der Waals surface area contributed by atoms with Crippen molar-refractivity contribution in [2.24, 2.45) is 0 Å². The van der Waals surface area contributed by atoms with Gasteiger partial charge in [-0.1, -0.05) is 146 Å². The molecule has 0 N–H and O–H groups in total. The number of fused-ring (bicyclic) bond motifs is 7. The second-order valence-electron chi connectivity index (χ2n) is 14.1. The first-order valence-electron chi connectivity index (χ1n) is 18.7. The van der Waals surface area contributed by atoms with Crippen LogP contribution in [-0.4, -0.2) is 0 Å². The lowest BCUT2D eigenvalue weighted by molar-refractivity contribution is 0.669. The van der Waals surface area contributed by atoms with E-state index in [9.17, 15) is 0 Å². The zero-order chi connectivity index (χ0) is 36.3. The Balaban J connectivity index is 0.979. The van der Waals surface area contributed by atoms with Crippen molar-refractivity contribution >= 4 is 81.3 Å². The highest BCUT2D eigenvalue weighted by molar-refractivity contribution is 7.26. The van der Waals surface area contributed by atoms with E-state index in [2.05, 4.69) is 199 Å². The zero-order valence-electron chi connectivity index (χ0n) is 29.8. The second kappa shape index (κ2) is 12.9. The van der Waals surface area contributed by atoms with E-state index < -0.39 is 0 Å². The van der Waals surface area contributed by atoms with E-state index in [1.807, 2.05) is 17.4 Å². The molecule has 2 nitrogen and oxygen atoms in total. The molecule has 55 heavy (non-hydrogen) atoms. The minimum absolute atomic E-state index is 0.879. The van der Waals surface area contributed by atoms with Gasteiger partial charge in [0.05, 0.1) is 11.4 Å². The van der Waals surface area contributed by atoms with Gasteiger partial charge in [0, 0.05) is 36.6 Å². The summed E-state index contributed by atoms with van der Waals surface area (Å²) in [6.45, 7) is 0. The SMILES string of the molecule is c1cc(-c2ccc(-c3ccc(N(c4cccc5c4oc4ccccc45)c4cccc5sc6ccccc6c45)cc3)cc2)cc(-c2ccc3ccccc3c2)c1. The van der Waals surface area contributed by atoms with Gasteiger partial charge in [0.25, 0.3) is 0 Å². The average molecular weight is 720 g/mol. The van der Waals surface area contributed by atoms with Gasteiger partial charge in [0.2, 0.25) is 0 Å². The van der Waals surface area contributed by atoms with E-state index in [1.165, 1.54) is 64.3 Å². The summed E-state index contributed by atoms with van der Waals surface area (Å²) in [5, 5.41) is 7.26. The number of anilines is 3. The number of thiophene rings is 1. The van der Waals surface area contributed by atoms with Gasteiger partial charge in [-0.25, -0.2) is 0 Å². The Morgan fingerprint density at radius 1 is 0.364 bits per heavy atom. The molecule has 2 heterocycles. The minimum atomic E-state index is 0.879. The van der Waals surface area contributed by atoms with Gasteiger partial charge in [-0.3, -0.25) is 0 Å². The van der Waals surface area contributed by atoms with E-state index in [0.717, 1.165) is 39.0 Å². The molecule has 0 bridgehead atoms. The highest BCUT2D eigenvalue weighted by Crippen LogP contribution is 2.47. The lowest BCUT2D eigenvalue weighted by Gasteiger charge is -2.26. The van der Waals surface area contributed by atoms with Crippen molar-refractivity contribution in [2.75, 3.05) is 4.90 Å². The fourth-order valence-corrected chi connectivity index (χ4v) is 9.29. The molecule has 2 aromatic heterocycles. The maximum atomic E-state index is 6.64. The molecular weight excluding hydrogens is 687 g/mol. The molecule has 3 heteroatoms. The van der Waals surface area contributed by atoms with Gasteiger partial charge < -0.3 is 9.32 Å². The summed E-state index contributed by atoms with van der Waals surface area (Å²) in [5.41, 5.74) is 12.2. The van der Waals surface area contributed by atoms with Crippen LogP contribution in [0.25, 0.3) is 86.3 Å². The molecule has 0 unspecified atom stereocenters. The van der Waals surface area contributed by atoms with Crippen LogP contribution < -0.4 is 4.90 Å². The average Bonchev–Trinajstić information content (AvgIpc) is 3.84. The third kappa shape index (κ3) is 5.40. The summed E-state index contributed by atoms with van der Waals surface area (Å²) in [4.78, 5) is 2.38. The number of nitrogens with zero attached hydrogens (tertiary/aromatic N) is 1. The van der Waals surface area contributed by atoms with Gasteiger partial charge in [-0.15, -0.1) is 11.3 Å². The fourth-order valence-electron chi connectivity index (χ4n) is 8.16. The summed E-state index contributed by atoms with van der Waals surface area (Å²) >= 11 is 1.84. The molecule has 0 aliphatic carbocycles. The van der Waals surface area contributed by atoms with Gasteiger partial charge in [-0.2, -0.15) is 0 Å². The number of benzene rings is 9. The molecule has 11 rings (SSSR count). The summed E-state index contributed by atoms with van der Waals surface area (Å²) in [5.74, 6) is 0. The fraction of sp³-hybridized carbons (Fsp3) is 0. The predicted octanol–water partition coefficient (Wildman–Crippen LogP) is 15.6. The minimum Gasteiger partial charge on any atom is -0.454 e. The van der Waals surface area contributed by atoms with Crippen molar-refractivity contribution in [3.05, 3.63) is 200 Å². The van der Waals surface area contributed by atoms with Crippen LogP contribution in [0.4, 0.5) is 17.1 Å². The van der Waals surface area contributed by atoms with E-state index in [0.29, 0.717) is 0 Å². The molecule has 0 radical (unpaired) electrons. The van der Waals surface area contributed by atoms with Crippen LogP contribution in [0.1, 0.15) is 0 Å². The Morgan fingerprint density at radius 3 is 1.76 bits per heavy atom. The van der Waals surface area contributed by atoms with Crippen LogP contribution in [0, 0.1) is 0 Å². The number of hydrogen-bond donors (Lipinski definition) is 0. The zero-order valence-corrected chi connectivity index (χ0v) is 30.6. The topological polar surface area (TPSA) is 16.4 Å². The molecule has 0 atom stereocenters. The Hall–Kier alpha value is -6.94. The van der Waals surface area contributed by atoms with Crippen LogP contribution in [0.3, 0.4) is 0 Å². The summed E-state index contributed by atoms with van der Waals surface area (Å²) in [6.07, 6.45) is 0. The summed E-state index contributed by atoms with van der Waals surface area (Å²) in [6, 6.07) is 72.1. The first-order valence-corrected chi connectivity index (χ1v) is 19.5. The number of para-hydroxylation sites is 2. The van der Waals surface area contributed by atoms with Gasteiger partial charge in [0.1, 0.15) is 5.58 Å². The Bertz CT molecular complexity index is 3210. The first-order chi connectivity index (χ1) is 27.2. The van der Waals surface area contributed by atoms with Gasteiger partial charge in [0.15, 0.2) is 5.58 Å². The summed E-state index contributed by atoms with van der Waals surface area (Å²) in [7, 11) is 0. The highest BCUT2D eigenvalue weighted by atomic mass is 32.1. The Labute approximate surface area is 322 Å². The monoisotopic (exact) mass is 719 g/mol. The van der Waals surface area contributed by atoms with Crippen molar-refractivity contribution in [1.82, 2.24) is 0 Å². The van der Waals surface area contributed by atoms with E-state index in [1.54, 1.807) is 0 Å². The lowest BCUT2D eigenvalue weighted by Crippen LogP contribution is -2.10. The standard InChI is InChI=1S/C52H33NOS/c1-2-11-38-33-41(27-26-34(38)10-1)40-13-7-12-39(32-40)37-24-22-35(23-25-37)36-28-30-42(31-29-36)53(46-17-9-21-50-51(46)45-15-4-6-20-49(45)55-50)47-18-8-16-44-43-14-3-5-19-48(43)54-52(44)47/h1-33H. The lowest BCUT2D eigenvalue weighted by atomic mass is 9.96. The molecular formula is C52H33NOS. The largest absolute Gasteiger partial charge is 0.454 e. The molecule has 0 fully saturated rings. The predicted molar refractivity (Wildman–Crippen MR) is 235 cm³/mol. The number of hydrogen-bond acceptors (Lipinski definition) is 3. The first kappa shape index (κ1) is 31.6.